The number of para-hydroxylation sites is 1. The third-order valence-electron chi connectivity index (χ3n) is 5.13. The molecule has 2 aliphatic heterocycles. The highest BCUT2D eigenvalue weighted by atomic mass is 32.2. The second-order valence-electron chi connectivity index (χ2n) is 7.65. The van der Waals surface area contributed by atoms with Crippen molar-refractivity contribution in [2.45, 2.75) is 33.1 Å². The Labute approximate surface area is 197 Å². The Kier molecular flexibility index (Phi) is 7.24. The Balaban J connectivity index is 1.35. The molecular formula is C25H26N4O3S. The van der Waals surface area contributed by atoms with E-state index >= 15 is 0 Å². The monoisotopic (exact) mass is 462 g/mol. The second-order valence-corrected chi connectivity index (χ2v) is 8.69. The summed E-state index contributed by atoms with van der Waals surface area (Å²) in [6.45, 7) is 4.98. The summed E-state index contributed by atoms with van der Waals surface area (Å²) in [5.41, 5.74) is 2.09. The summed E-state index contributed by atoms with van der Waals surface area (Å²) in [7, 11) is 0. The lowest BCUT2D eigenvalue weighted by atomic mass is 10.1. The number of hydrogen-bond acceptors (Lipinski definition) is 6. The van der Waals surface area contributed by atoms with Crippen molar-refractivity contribution >= 4 is 39.8 Å². The second kappa shape index (κ2) is 10.5. The number of rotatable bonds is 9. The van der Waals surface area contributed by atoms with E-state index in [2.05, 4.69) is 17.0 Å². The number of hydrogen-bond donors (Lipinski definition) is 1. The summed E-state index contributed by atoms with van der Waals surface area (Å²) in [5, 5.41) is 15.7. The van der Waals surface area contributed by atoms with Gasteiger partial charge in [-0.2, -0.15) is 15.1 Å². The molecule has 2 heterocycles. The van der Waals surface area contributed by atoms with Crippen LogP contribution in [0.3, 0.4) is 0 Å². The van der Waals surface area contributed by atoms with Gasteiger partial charge in [-0.15, -0.1) is 0 Å². The first-order chi connectivity index (χ1) is 16.0. The summed E-state index contributed by atoms with van der Waals surface area (Å²) < 4.78 is 11.5. The molecule has 0 bridgehead atoms. The van der Waals surface area contributed by atoms with E-state index in [0.717, 1.165) is 41.2 Å². The molecule has 0 unspecified atom stereocenters. The molecule has 4 rings (SSSR count). The molecular weight excluding hydrogens is 436 g/mol. The molecule has 170 valence electrons. The number of ether oxygens (including phenoxy) is 2. The molecule has 7 nitrogen and oxygen atoms in total. The van der Waals surface area contributed by atoms with Gasteiger partial charge in [0.25, 0.3) is 5.91 Å². The van der Waals surface area contributed by atoms with E-state index in [1.54, 1.807) is 6.08 Å². The van der Waals surface area contributed by atoms with Crippen LogP contribution in [0.15, 0.2) is 64.2 Å². The maximum atomic E-state index is 12.5. The zero-order chi connectivity index (χ0) is 23.2. The van der Waals surface area contributed by atoms with Crippen LogP contribution in [0.1, 0.15) is 37.3 Å². The number of nitrogens with one attached hydrogen (secondary N) is 1. The number of amides is 1. The molecule has 0 saturated heterocycles. The molecule has 2 aliphatic rings. The molecule has 0 spiro atoms. The molecule has 1 amide bonds. The predicted octanol–water partition coefficient (Wildman–Crippen LogP) is 5.26. The number of aryl methyl sites for hydroxylation is 1. The van der Waals surface area contributed by atoms with Gasteiger partial charge in [0.1, 0.15) is 29.8 Å². The number of thioether (sulfide) groups is 1. The quantitative estimate of drug-likeness (QED) is 0.406. The number of unbranched alkanes of at least 4 members (excludes halogenated alkanes) is 1. The SMILES string of the molecule is CCCCC1=NN2C(=N)/C(=C\c3ccc(OCCOc4ccccc4C)cc3)C(=O)N=C2S1. The number of hydrazone groups is 1. The maximum Gasteiger partial charge on any atom is 0.283 e. The van der Waals surface area contributed by atoms with Crippen molar-refractivity contribution in [2.24, 2.45) is 10.1 Å². The van der Waals surface area contributed by atoms with Gasteiger partial charge in [0.2, 0.25) is 5.17 Å². The molecule has 33 heavy (non-hydrogen) atoms. The highest BCUT2D eigenvalue weighted by Gasteiger charge is 2.35. The molecule has 0 radical (unpaired) electrons. The lowest BCUT2D eigenvalue weighted by molar-refractivity contribution is -0.114. The Morgan fingerprint density at radius 2 is 1.85 bits per heavy atom. The fraction of sp³-hybridized carbons (Fsp3) is 0.280. The van der Waals surface area contributed by atoms with E-state index < -0.39 is 5.91 Å². The first kappa shape index (κ1) is 22.8. The van der Waals surface area contributed by atoms with Gasteiger partial charge < -0.3 is 9.47 Å². The van der Waals surface area contributed by atoms with Crippen molar-refractivity contribution < 1.29 is 14.3 Å². The van der Waals surface area contributed by atoms with Gasteiger partial charge in [-0.1, -0.05) is 43.7 Å². The zero-order valence-corrected chi connectivity index (χ0v) is 19.5. The summed E-state index contributed by atoms with van der Waals surface area (Å²) in [4.78, 5) is 16.7. The number of fused-ring (bicyclic) bond motifs is 1. The van der Waals surface area contributed by atoms with E-state index in [9.17, 15) is 4.79 Å². The number of carbonyl (C=O) groups excluding carboxylic acids is 1. The number of benzene rings is 2. The normalized spacial score (nSPS) is 16.5. The zero-order valence-electron chi connectivity index (χ0n) is 18.7. The van der Waals surface area contributed by atoms with Gasteiger partial charge in [0.05, 0.1) is 5.57 Å². The largest absolute Gasteiger partial charge is 0.490 e. The molecule has 0 fully saturated rings. The highest BCUT2D eigenvalue weighted by molar-refractivity contribution is 8.26. The average Bonchev–Trinajstić information content (AvgIpc) is 3.23. The van der Waals surface area contributed by atoms with E-state index in [1.165, 1.54) is 16.8 Å². The first-order valence-corrected chi connectivity index (χ1v) is 11.8. The minimum absolute atomic E-state index is 0.0534. The molecule has 0 aromatic heterocycles. The van der Waals surface area contributed by atoms with Gasteiger partial charge in [-0.05, 0) is 66.9 Å². The molecule has 2 aromatic rings. The lowest BCUT2D eigenvalue weighted by Crippen LogP contribution is -2.35. The van der Waals surface area contributed by atoms with Crippen molar-refractivity contribution in [2.75, 3.05) is 13.2 Å². The Bertz CT molecular complexity index is 1140. The fourth-order valence-corrected chi connectivity index (χ4v) is 4.24. The van der Waals surface area contributed by atoms with Crippen molar-refractivity contribution in [1.29, 1.82) is 5.41 Å². The Hall–Kier alpha value is -3.39. The van der Waals surface area contributed by atoms with Gasteiger partial charge >= 0.3 is 0 Å². The lowest BCUT2D eigenvalue weighted by Gasteiger charge is -2.20. The van der Waals surface area contributed by atoms with Gasteiger partial charge in [0.15, 0.2) is 5.84 Å². The Morgan fingerprint density at radius 3 is 2.61 bits per heavy atom. The molecule has 0 aliphatic carbocycles. The average molecular weight is 463 g/mol. The third-order valence-corrected chi connectivity index (χ3v) is 6.10. The Morgan fingerprint density at radius 1 is 1.09 bits per heavy atom. The van der Waals surface area contributed by atoms with Crippen LogP contribution < -0.4 is 9.47 Å². The van der Waals surface area contributed by atoms with E-state index in [-0.39, 0.29) is 11.4 Å². The topological polar surface area (TPSA) is 87.3 Å². The minimum atomic E-state index is -0.417. The first-order valence-electron chi connectivity index (χ1n) is 11.0. The van der Waals surface area contributed by atoms with Gasteiger partial charge in [-0.3, -0.25) is 10.2 Å². The molecule has 8 heteroatoms. The van der Waals surface area contributed by atoms with Crippen LogP contribution in [0.4, 0.5) is 0 Å². The van der Waals surface area contributed by atoms with Crippen molar-refractivity contribution in [3.8, 4) is 11.5 Å². The van der Waals surface area contributed by atoms with E-state index in [1.807, 2.05) is 55.5 Å². The minimum Gasteiger partial charge on any atom is -0.490 e. The summed E-state index contributed by atoms with van der Waals surface area (Å²) >= 11 is 1.37. The van der Waals surface area contributed by atoms with Crippen LogP contribution in [0.5, 0.6) is 11.5 Å². The van der Waals surface area contributed by atoms with E-state index in [0.29, 0.717) is 24.1 Å². The smallest absolute Gasteiger partial charge is 0.283 e. The van der Waals surface area contributed by atoms with Crippen LogP contribution in [-0.4, -0.2) is 40.2 Å². The van der Waals surface area contributed by atoms with Crippen LogP contribution >= 0.6 is 11.8 Å². The molecule has 1 N–H and O–H groups in total. The third kappa shape index (κ3) is 5.51. The van der Waals surface area contributed by atoms with Crippen LogP contribution in [0.25, 0.3) is 6.08 Å². The van der Waals surface area contributed by atoms with Gasteiger partial charge in [-0.25, -0.2) is 0 Å². The fourth-order valence-electron chi connectivity index (χ4n) is 3.32. The summed E-state index contributed by atoms with van der Waals surface area (Å²) in [5.74, 6) is 1.20. The number of nitrogens with zero attached hydrogens (tertiary/aromatic N) is 3. The maximum absolute atomic E-state index is 12.5. The number of carbonyl (C=O) groups is 1. The van der Waals surface area contributed by atoms with Gasteiger partial charge in [0, 0.05) is 0 Å². The summed E-state index contributed by atoms with van der Waals surface area (Å²) in [6, 6.07) is 15.2. The van der Waals surface area contributed by atoms with Crippen molar-refractivity contribution in [3.05, 3.63) is 65.2 Å². The predicted molar refractivity (Wildman–Crippen MR) is 133 cm³/mol. The molecule has 0 atom stereocenters. The molecule has 2 aromatic carbocycles. The number of amidine groups is 2. The van der Waals surface area contributed by atoms with E-state index in [4.69, 9.17) is 14.9 Å². The van der Waals surface area contributed by atoms with Crippen LogP contribution in [0.2, 0.25) is 0 Å². The van der Waals surface area contributed by atoms with Crippen LogP contribution in [0, 0.1) is 12.3 Å². The molecule has 0 saturated carbocycles. The number of aliphatic imine (C=N–C) groups is 1. The standard InChI is InChI=1S/C25H26N4O3S/c1-3-4-9-22-28-29-23(26)20(24(30)27-25(29)33-22)16-18-10-12-19(13-11-18)31-14-15-32-21-8-6-5-7-17(21)2/h5-8,10-13,16,26H,3-4,9,14-15H2,1-2H3/b20-16+,26-23?. The summed E-state index contributed by atoms with van der Waals surface area (Å²) in [6.07, 6.45) is 4.57. The van der Waals surface area contributed by atoms with Crippen molar-refractivity contribution in [3.63, 3.8) is 0 Å². The van der Waals surface area contributed by atoms with Crippen molar-refractivity contribution in [1.82, 2.24) is 5.01 Å². The highest BCUT2D eigenvalue weighted by Crippen LogP contribution is 2.30. The van der Waals surface area contributed by atoms with Crippen LogP contribution in [-0.2, 0) is 4.79 Å².